The number of carbonyl (C=O) groups is 2. The summed E-state index contributed by atoms with van der Waals surface area (Å²) < 4.78 is 1.93. The Hall–Kier alpha value is -2.72. The van der Waals surface area contributed by atoms with Gasteiger partial charge in [-0.1, -0.05) is 24.6 Å². The molecule has 1 aromatic carbocycles. The van der Waals surface area contributed by atoms with Crippen LogP contribution in [0.5, 0.6) is 0 Å². The highest BCUT2D eigenvalue weighted by Crippen LogP contribution is 2.41. The lowest BCUT2D eigenvalue weighted by Gasteiger charge is -2.24. The van der Waals surface area contributed by atoms with E-state index in [4.69, 9.17) is 0 Å². The Labute approximate surface area is 168 Å². The predicted octanol–water partition coefficient (Wildman–Crippen LogP) is 3.68. The largest absolute Gasteiger partial charge is 0.337 e. The third-order valence-corrected chi connectivity index (χ3v) is 6.67. The van der Waals surface area contributed by atoms with E-state index in [9.17, 15) is 14.9 Å². The van der Waals surface area contributed by atoms with Crippen LogP contribution in [-0.4, -0.2) is 27.5 Å². The molecule has 1 saturated heterocycles. The molecule has 2 aromatic rings. The van der Waals surface area contributed by atoms with E-state index < -0.39 is 0 Å². The van der Waals surface area contributed by atoms with Gasteiger partial charge in [0.05, 0.1) is 22.4 Å². The van der Waals surface area contributed by atoms with Crippen molar-refractivity contribution in [1.82, 2.24) is 4.57 Å². The minimum Gasteiger partial charge on any atom is -0.337 e. The van der Waals surface area contributed by atoms with Gasteiger partial charge in [0.15, 0.2) is 0 Å². The third-order valence-electron chi connectivity index (χ3n) is 5.32. The number of nitriles is 1. The van der Waals surface area contributed by atoms with E-state index in [1.165, 1.54) is 0 Å². The number of amides is 2. The first-order chi connectivity index (χ1) is 13.5. The molecule has 0 radical (unpaired) electrons. The normalized spacial score (nSPS) is 18.2. The average molecular weight is 395 g/mol. The van der Waals surface area contributed by atoms with E-state index in [0.717, 1.165) is 30.5 Å². The predicted molar refractivity (Wildman–Crippen MR) is 111 cm³/mol. The highest BCUT2D eigenvalue weighted by atomic mass is 32.2. The molecule has 2 aliphatic rings. The van der Waals surface area contributed by atoms with E-state index in [1.54, 1.807) is 16.7 Å². The quantitative estimate of drug-likeness (QED) is 0.858. The van der Waals surface area contributed by atoms with Crippen molar-refractivity contribution in [3.05, 3.63) is 46.8 Å². The maximum atomic E-state index is 13.3. The van der Waals surface area contributed by atoms with Crippen LogP contribution in [0, 0.1) is 18.3 Å². The molecule has 0 aliphatic carbocycles. The van der Waals surface area contributed by atoms with Crippen LogP contribution >= 0.6 is 11.8 Å². The number of fused-ring (bicyclic) bond motifs is 1. The molecule has 7 heteroatoms. The van der Waals surface area contributed by atoms with Crippen molar-refractivity contribution in [2.75, 3.05) is 16.0 Å². The molecule has 144 valence electrons. The van der Waals surface area contributed by atoms with Gasteiger partial charge in [0.25, 0.3) is 5.91 Å². The standard InChI is InChI=1S/C21H22N4O2S/c1-3-18-25(17(26)12-28-18)19-15(11-22)16-5-4-10-24(16)20(19)21(27)23-14-8-6-13(2)7-9-14/h6-9,18H,3-5,10,12H2,1-2H3,(H,23,27). The van der Waals surface area contributed by atoms with Crippen molar-refractivity contribution in [2.45, 2.75) is 45.0 Å². The number of hydrogen-bond donors (Lipinski definition) is 1. The molecule has 1 aromatic heterocycles. The summed E-state index contributed by atoms with van der Waals surface area (Å²) in [6, 6.07) is 9.87. The number of aryl methyl sites for hydroxylation is 1. The summed E-state index contributed by atoms with van der Waals surface area (Å²) in [5.74, 6) is 0.0631. The van der Waals surface area contributed by atoms with Crippen LogP contribution in [-0.2, 0) is 17.8 Å². The Bertz CT molecular complexity index is 987. The Morgan fingerprint density at radius 1 is 1.36 bits per heavy atom. The van der Waals surface area contributed by atoms with Crippen molar-refractivity contribution < 1.29 is 9.59 Å². The SMILES string of the molecule is CCC1SCC(=O)N1c1c(C#N)c2n(c1C(=O)Nc1ccc(C)cc1)CCC2. The molecular weight excluding hydrogens is 372 g/mol. The lowest BCUT2D eigenvalue weighted by molar-refractivity contribution is -0.115. The Balaban J connectivity index is 1.82. The molecule has 4 rings (SSSR count). The fourth-order valence-corrected chi connectivity index (χ4v) is 5.10. The van der Waals surface area contributed by atoms with Crippen LogP contribution in [0.4, 0.5) is 11.4 Å². The van der Waals surface area contributed by atoms with Gasteiger partial charge in [-0.2, -0.15) is 5.26 Å². The maximum Gasteiger partial charge on any atom is 0.274 e. The smallest absolute Gasteiger partial charge is 0.274 e. The van der Waals surface area contributed by atoms with Gasteiger partial charge in [0, 0.05) is 17.9 Å². The number of anilines is 2. The first kappa shape index (κ1) is 18.6. The Morgan fingerprint density at radius 3 is 2.79 bits per heavy atom. The number of thioether (sulfide) groups is 1. The van der Waals surface area contributed by atoms with Crippen molar-refractivity contribution in [3.8, 4) is 6.07 Å². The van der Waals surface area contributed by atoms with Crippen LogP contribution in [0.15, 0.2) is 24.3 Å². The van der Waals surface area contributed by atoms with E-state index in [2.05, 4.69) is 11.4 Å². The van der Waals surface area contributed by atoms with E-state index in [0.29, 0.717) is 34.9 Å². The zero-order valence-corrected chi connectivity index (χ0v) is 16.8. The minimum absolute atomic E-state index is 0.0398. The summed E-state index contributed by atoms with van der Waals surface area (Å²) in [4.78, 5) is 27.6. The van der Waals surface area contributed by atoms with Crippen LogP contribution in [0.3, 0.4) is 0 Å². The summed E-state index contributed by atoms with van der Waals surface area (Å²) in [5.41, 5.74) is 4.07. The van der Waals surface area contributed by atoms with Gasteiger partial charge in [-0.3, -0.25) is 14.5 Å². The van der Waals surface area contributed by atoms with Crippen LogP contribution in [0.1, 0.15) is 47.1 Å². The zero-order valence-electron chi connectivity index (χ0n) is 16.0. The molecule has 1 N–H and O–H groups in total. The molecular formula is C21H22N4O2S. The van der Waals surface area contributed by atoms with Crippen molar-refractivity contribution in [2.24, 2.45) is 0 Å². The molecule has 0 saturated carbocycles. The fourth-order valence-electron chi connectivity index (χ4n) is 4.01. The molecule has 1 unspecified atom stereocenters. The van der Waals surface area contributed by atoms with E-state index >= 15 is 0 Å². The van der Waals surface area contributed by atoms with Crippen LogP contribution in [0.2, 0.25) is 0 Å². The third kappa shape index (κ3) is 2.98. The second kappa shape index (κ2) is 7.36. The number of hydrogen-bond acceptors (Lipinski definition) is 4. The monoisotopic (exact) mass is 394 g/mol. The topological polar surface area (TPSA) is 78.1 Å². The summed E-state index contributed by atoms with van der Waals surface area (Å²) in [6.07, 6.45) is 2.41. The van der Waals surface area contributed by atoms with Gasteiger partial charge in [-0.05, 0) is 38.3 Å². The molecule has 0 spiro atoms. The number of rotatable bonds is 4. The first-order valence-corrected chi connectivity index (χ1v) is 10.6. The maximum absolute atomic E-state index is 13.3. The summed E-state index contributed by atoms with van der Waals surface area (Å²) in [6.45, 7) is 4.70. The van der Waals surface area contributed by atoms with Crippen molar-refractivity contribution in [3.63, 3.8) is 0 Å². The van der Waals surface area contributed by atoms with Gasteiger partial charge < -0.3 is 9.88 Å². The van der Waals surface area contributed by atoms with Crippen LogP contribution in [0.25, 0.3) is 0 Å². The molecule has 6 nitrogen and oxygen atoms in total. The number of carbonyl (C=O) groups excluding carboxylic acids is 2. The van der Waals surface area contributed by atoms with Crippen molar-refractivity contribution in [1.29, 1.82) is 5.26 Å². The highest BCUT2D eigenvalue weighted by Gasteiger charge is 2.40. The second-order valence-corrected chi connectivity index (χ2v) is 8.31. The number of benzene rings is 1. The summed E-state index contributed by atoms with van der Waals surface area (Å²) in [7, 11) is 0. The molecule has 28 heavy (non-hydrogen) atoms. The fraction of sp³-hybridized carbons (Fsp3) is 0.381. The molecule has 2 aliphatic heterocycles. The van der Waals surface area contributed by atoms with Crippen LogP contribution < -0.4 is 10.2 Å². The first-order valence-electron chi connectivity index (χ1n) is 9.52. The molecule has 2 amide bonds. The highest BCUT2D eigenvalue weighted by molar-refractivity contribution is 8.01. The Kier molecular flexibility index (Phi) is 4.90. The molecule has 0 bridgehead atoms. The molecule has 1 fully saturated rings. The van der Waals surface area contributed by atoms with Gasteiger partial charge in [0.1, 0.15) is 11.8 Å². The second-order valence-electron chi connectivity index (χ2n) is 7.14. The lowest BCUT2D eigenvalue weighted by Crippen LogP contribution is -2.34. The number of nitrogens with one attached hydrogen (secondary N) is 1. The van der Waals surface area contributed by atoms with Gasteiger partial charge in [0.2, 0.25) is 5.91 Å². The summed E-state index contributed by atoms with van der Waals surface area (Å²) >= 11 is 1.57. The van der Waals surface area contributed by atoms with E-state index in [1.807, 2.05) is 42.7 Å². The number of nitrogens with zero attached hydrogens (tertiary/aromatic N) is 3. The van der Waals surface area contributed by atoms with Gasteiger partial charge in [-0.15, -0.1) is 11.8 Å². The molecule has 1 atom stereocenters. The zero-order chi connectivity index (χ0) is 19.8. The summed E-state index contributed by atoms with van der Waals surface area (Å²) in [5, 5.41) is 12.8. The van der Waals surface area contributed by atoms with E-state index in [-0.39, 0.29) is 17.2 Å². The van der Waals surface area contributed by atoms with Gasteiger partial charge in [-0.25, -0.2) is 0 Å². The average Bonchev–Trinajstić information content (AvgIpc) is 3.36. The van der Waals surface area contributed by atoms with Crippen molar-refractivity contribution >= 4 is 35.0 Å². The minimum atomic E-state index is -0.275. The Morgan fingerprint density at radius 2 is 2.11 bits per heavy atom. The van der Waals surface area contributed by atoms with Gasteiger partial charge >= 0.3 is 0 Å². The lowest BCUT2D eigenvalue weighted by atomic mass is 10.1. The molecule has 3 heterocycles. The number of aromatic nitrogens is 1.